The van der Waals surface area contributed by atoms with Gasteiger partial charge in [-0.05, 0) is 32.0 Å². The van der Waals surface area contributed by atoms with E-state index in [2.05, 4.69) is 59.4 Å². The third-order valence-corrected chi connectivity index (χ3v) is 3.86. The summed E-state index contributed by atoms with van der Waals surface area (Å²) in [6.45, 7) is 7.65. The van der Waals surface area contributed by atoms with Gasteiger partial charge in [-0.15, -0.1) is 0 Å². The quantitative estimate of drug-likeness (QED) is 0.892. The molecule has 0 saturated heterocycles. The topological polar surface area (TPSA) is 42.3 Å². The van der Waals surface area contributed by atoms with Crippen LogP contribution in [0.4, 0.5) is 11.4 Å². The summed E-state index contributed by atoms with van der Waals surface area (Å²) >= 11 is 0. The molecule has 1 N–H and O–H groups in total. The second-order valence-corrected chi connectivity index (χ2v) is 5.70. The molecule has 1 aliphatic heterocycles. The van der Waals surface area contributed by atoms with Gasteiger partial charge in [-0.2, -0.15) is 5.26 Å². The number of nitrogens with zero attached hydrogens (tertiary/aromatic N) is 3. The Kier molecular flexibility index (Phi) is 4.51. The van der Waals surface area contributed by atoms with Gasteiger partial charge in [0.1, 0.15) is 5.54 Å². The SMILES string of the molecule is CCCNC(C)(C#N)CN1CCN(C)c2ccccc21. The van der Waals surface area contributed by atoms with E-state index in [9.17, 15) is 5.26 Å². The molecular formula is C16H24N4. The molecule has 0 radical (unpaired) electrons. The van der Waals surface area contributed by atoms with Crippen molar-refractivity contribution < 1.29 is 0 Å². The first kappa shape index (κ1) is 14.7. The minimum absolute atomic E-state index is 0.501. The zero-order valence-corrected chi connectivity index (χ0v) is 12.7. The van der Waals surface area contributed by atoms with Crippen molar-refractivity contribution in [3.8, 4) is 6.07 Å². The summed E-state index contributed by atoms with van der Waals surface area (Å²) < 4.78 is 0. The van der Waals surface area contributed by atoms with Crippen molar-refractivity contribution in [2.45, 2.75) is 25.8 Å². The van der Waals surface area contributed by atoms with Crippen LogP contribution in [0.5, 0.6) is 0 Å². The Hall–Kier alpha value is -1.73. The van der Waals surface area contributed by atoms with Gasteiger partial charge in [0.15, 0.2) is 0 Å². The van der Waals surface area contributed by atoms with Gasteiger partial charge < -0.3 is 9.80 Å². The molecule has 0 saturated carbocycles. The maximum absolute atomic E-state index is 9.49. The molecule has 0 aliphatic carbocycles. The number of hydrogen-bond donors (Lipinski definition) is 1. The molecule has 1 unspecified atom stereocenters. The van der Waals surface area contributed by atoms with Crippen LogP contribution in [0.3, 0.4) is 0 Å². The lowest BCUT2D eigenvalue weighted by atomic mass is 10.0. The molecule has 1 aliphatic rings. The number of anilines is 2. The Bertz CT molecular complexity index is 493. The van der Waals surface area contributed by atoms with Gasteiger partial charge in [0.25, 0.3) is 0 Å². The summed E-state index contributed by atoms with van der Waals surface area (Å²) in [7, 11) is 2.12. The van der Waals surface area contributed by atoms with Crippen molar-refractivity contribution >= 4 is 11.4 Å². The molecule has 0 bridgehead atoms. The molecule has 20 heavy (non-hydrogen) atoms. The summed E-state index contributed by atoms with van der Waals surface area (Å²) in [6.07, 6.45) is 1.04. The highest BCUT2D eigenvalue weighted by atomic mass is 15.3. The van der Waals surface area contributed by atoms with Crippen LogP contribution in [-0.4, -0.2) is 38.8 Å². The minimum atomic E-state index is -0.501. The van der Waals surface area contributed by atoms with Gasteiger partial charge in [0.05, 0.1) is 17.4 Å². The highest BCUT2D eigenvalue weighted by Gasteiger charge is 2.29. The van der Waals surface area contributed by atoms with E-state index in [4.69, 9.17) is 0 Å². The Balaban J connectivity index is 2.18. The van der Waals surface area contributed by atoms with E-state index in [0.29, 0.717) is 6.54 Å². The molecule has 0 amide bonds. The molecule has 0 spiro atoms. The molecule has 1 aromatic carbocycles. The molecule has 0 fully saturated rings. The predicted molar refractivity (Wildman–Crippen MR) is 84.2 cm³/mol. The van der Waals surface area contributed by atoms with Crippen LogP contribution < -0.4 is 15.1 Å². The van der Waals surface area contributed by atoms with Gasteiger partial charge in [-0.25, -0.2) is 0 Å². The van der Waals surface area contributed by atoms with Crippen molar-refractivity contribution in [1.82, 2.24) is 5.32 Å². The monoisotopic (exact) mass is 272 g/mol. The lowest BCUT2D eigenvalue weighted by molar-refractivity contribution is 0.440. The first-order valence-electron chi connectivity index (χ1n) is 7.31. The summed E-state index contributed by atoms with van der Waals surface area (Å²) in [5, 5.41) is 12.9. The average molecular weight is 272 g/mol. The zero-order valence-electron chi connectivity index (χ0n) is 12.7. The Morgan fingerprint density at radius 3 is 2.65 bits per heavy atom. The van der Waals surface area contributed by atoms with E-state index in [1.807, 2.05) is 6.92 Å². The fourth-order valence-electron chi connectivity index (χ4n) is 2.64. The van der Waals surface area contributed by atoms with E-state index < -0.39 is 5.54 Å². The number of rotatable bonds is 5. The molecule has 1 atom stereocenters. The number of likely N-dealkylation sites (N-methyl/N-ethyl adjacent to an activating group) is 1. The van der Waals surface area contributed by atoms with Crippen molar-refractivity contribution in [2.24, 2.45) is 0 Å². The van der Waals surface area contributed by atoms with E-state index in [0.717, 1.165) is 26.1 Å². The molecule has 108 valence electrons. The summed E-state index contributed by atoms with van der Waals surface area (Å²) in [5.74, 6) is 0. The standard InChI is InChI=1S/C16H24N4/c1-4-9-18-16(2,12-17)13-20-11-10-19(3)14-7-5-6-8-15(14)20/h5-8,18H,4,9-11,13H2,1-3H3. The number of benzene rings is 1. The second-order valence-electron chi connectivity index (χ2n) is 5.70. The van der Waals surface area contributed by atoms with E-state index >= 15 is 0 Å². The Labute approximate surface area is 122 Å². The van der Waals surface area contributed by atoms with Crippen molar-refractivity contribution in [1.29, 1.82) is 5.26 Å². The van der Waals surface area contributed by atoms with Crippen LogP contribution in [0.1, 0.15) is 20.3 Å². The van der Waals surface area contributed by atoms with E-state index in [-0.39, 0.29) is 0 Å². The smallest absolute Gasteiger partial charge is 0.121 e. The Morgan fingerprint density at radius 1 is 1.30 bits per heavy atom. The van der Waals surface area contributed by atoms with Gasteiger partial charge >= 0.3 is 0 Å². The normalized spacial score (nSPS) is 17.3. The molecule has 1 aromatic rings. The number of fused-ring (bicyclic) bond motifs is 1. The minimum Gasteiger partial charge on any atom is -0.371 e. The highest BCUT2D eigenvalue weighted by Crippen LogP contribution is 2.32. The maximum atomic E-state index is 9.49. The second kappa shape index (κ2) is 6.15. The molecule has 4 nitrogen and oxygen atoms in total. The molecule has 2 rings (SSSR count). The molecule has 1 heterocycles. The first-order valence-corrected chi connectivity index (χ1v) is 7.31. The molecular weight excluding hydrogens is 248 g/mol. The predicted octanol–water partition coefficient (Wildman–Crippen LogP) is 2.22. The van der Waals surface area contributed by atoms with Crippen LogP contribution in [0.15, 0.2) is 24.3 Å². The van der Waals surface area contributed by atoms with Crippen LogP contribution in [0.25, 0.3) is 0 Å². The van der Waals surface area contributed by atoms with Crippen LogP contribution in [-0.2, 0) is 0 Å². The van der Waals surface area contributed by atoms with Crippen molar-refractivity contribution in [3.63, 3.8) is 0 Å². The summed E-state index contributed by atoms with van der Waals surface area (Å²) in [5.41, 5.74) is 1.97. The van der Waals surface area contributed by atoms with E-state index in [1.165, 1.54) is 11.4 Å². The Morgan fingerprint density at radius 2 is 2.00 bits per heavy atom. The molecule has 4 heteroatoms. The summed E-state index contributed by atoms with van der Waals surface area (Å²) in [6, 6.07) is 10.9. The van der Waals surface area contributed by atoms with Gasteiger partial charge in [0.2, 0.25) is 0 Å². The largest absolute Gasteiger partial charge is 0.371 e. The van der Waals surface area contributed by atoms with Gasteiger partial charge in [-0.1, -0.05) is 19.1 Å². The van der Waals surface area contributed by atoms with Crippen LogP contribution in [0.2, 0.25) is 0 Å². The van der Waals surface area contributed by atoms with Gasteiger partial charge in [-0.3, -0.25) is 5.32 Å². The van der Waals surface area contributed by atoms with E-state index in [1.54, 1.807) is 0 Å². The third-order valence-electron chi connectivity index (χ3n) is 3.86. The number of nitriles is 1. The van der Waals surface area contributed by atoms with Crippen molar-refractivity contribution in [2.75, 3.05) is 43.0 Å². The average Bonchev–Trinajstić information content (AvgIpc) is 2.48. The fourth-order valence-corrected chi connectivity index (χ4v) is 2.64. The zero-order chi connectivity index (χ0) is 14.6. The van der Waals surface area contributed by atoms with Crippen LogP contribution in [0, 0.1) is 11.3 Å². The van der Waals surface area contributed by atoms with Crippen LogP contribution >= 0.6 is 0 Å². The molecule has 0 aromatic heterocycles. The van der Waals surface area contributed by atoms with Crippen molar-refractivity contribution in [3.05, 3.63) is 24.3 Å². The first-order chi connectivity index (χ1) is 9.59. The lowest BCUT2D eigenvalue weighted by Crippen LogP contribution is -2.53. The highest BCUT2D eigenvalue weighted by molar-refractivity contribution is 5.73. The van der Waals surface area contributed by atoms with Gasteiger partial charge in [0, 0.05) is 26.7 Å². The fraction of sp³-hybridized carbons (Fsp3) is 0.562. The lowest BCUT2D eigenvalue weighted by Gasteiger charge is -2.40. The number of para-hydroxylation sites is 2. The third kappa shape index (κ3) is 3.05. The number of nitrogens with one attached hydrogen (secondary N) is 1. The summed E-state index contributed by atoms with van der Waals surface area (Å²) in [4.78, 5) is 4.59. The number of hydrogen-bond acceptors (Lipinski definition) is 4. The maximum Gasteiger partial charge on any atom is 0.121 e.